The van der Waals surface area contributed by atoms with E-state index in [-0.39, 0.29) is 24.7 Å². The number of Topliss-reactive ketones (excluding diaryl/α,β-unsaturated/α-hetero) is 1. The summed E-state index contributed by atoms with van der Waals surface area (Å²) < 4.78 is 0. The quantitative estimate of drug-likeness (QED) is 0.460. The van der Waals surface area contributed by atoms with Crippen LogP contribution in [0.2, 0.25) is 0 Å². The summed E-state index contributed by atoms with van der Waals surface area (Å²) in [6.07, 6.45) is 0.0833. The van der Waals surface area contributed by atoms with Gasteiger partial charge in [-0.05, 0) is 12.1 Å². The van der Waals surface area contributed by atoms with Gasteiger partial charge in [0.1, 0.15) is 0 Å². The van der Waals surface area contributed by atoms with Gasteiger partial charge in [0.15, 0.2) is 5.78 Å². The van der Waals surface area contributed by atoms with E-state index in [4.69, 9.17) is 5.73 Å². The van der Waals surface area contributed by atoms with Gasteiger partial charge in [0.05, 0.1) is 13.0 Å². The van der Waals surface area contributed by atoms with Crippen LogP contribution in [0.15, 0.2) is 30.3 Å². The Hall–Kier alpha value is -1.84. The van der Waals surface area contributed by atoms with Gasteiger partial charge >= 0.3 is 0 Å². The van der Waals surface area contributed by atoms with E-state index in [9.17, 15) is 9.59 Å². The highest BCUT2D eigenvalue weighted by Crippen LogP contribution is 1.95. The first kappa shape index (κ1) is 10.2. The molecule has 1 aliphatic rings. The number of hydrogen-bond acceptors (Lipinski definition) is 3. The molecule has 1 saturated heterocycles. The Morgan fingerprint density at radius 3 is 2.00 bits per heavy atom. The van der Waals surface area contributed by atoms with Crippen LogP contribution in [0.4, 0.5) is 5.69 Å². The second-order valence-electron chi connectivity index (χ2n) is 2.90. The number of hydrogen-bond donors (Lipinski definition) is 2. The molecule has 0 aromatic heterocycles. The molecule has 1 aromatic carbocycles. The molecule has 0 unspecified atom stereocenters. The zero-order chi connectivity index (χ0) is 10.4. The number of carbonyl (C=O) groups excluding carboxylic acids is 2. The lowest BCUT2D eigenvalue weighted by molar-refractivity contribution is -0.122. The largest absolute Gasteiger partial charge is 0.399 e. The molecular formula is C10H12N2O2. The molecule has 1 aromatic rings. The number of nitrogens with two attached hydrogens (primary N) is 1. The lowest BCUT2D eigenvalue weighted by atomic mass is 10.3. The second-order valence-corrected chi connectivity index (χ2v) is 2.90. The molecule has 1 fully saturated rings. The van der Waals surface area contributed by atoms with Crippen molar-refractivity contribution in [1.82, 2.24) is 5.32 Å². The summed E-state index contributed by atoms with van der Waals surface area (Å²) in [7, 11) is 0. The van der Waals surface area contributed by atoms with E-state index in [0.29, 0.717) is 0 Å². The Morgan fingerprint density at radius 1 is 1.14 bits per heavy atom. The number of benzene rings is 1. The molecule has 0 spiro atoms. The smallest absolute Gasteiger partial charge is 0.227 e. The Kier molecular flexibility index (Phi) is 3.67. The maximum atomic E-state index is 10.2. The van der Waals surface area contributed by atoms with Gasteiger partial charge in [0, 0.05) is 5.69 Å². The van der Waals surface area contributed by atoms with Crippen LogP contribution < -0.4 is 11.1 Å². The van der Waals surface area contributed by atoms with Crippen molar-refractivity contribution in [3.63, 3.8) is 0 Å². The lowest BCUT2D eigenvalue weighted by Gasteiger charge is -1.83. The van der Waals surface area contributed by atoms with Crippen molar-refractivity contribution in [2.45, 2.75) is 6.42 Å². The zero-order valence-corrected chi connectivity index (χ0v) is 7.69. The number of rotatable bonds is 0. The fourth-order valence-corrected chi connectivity index (χ4v) is 0.954. The highest BCUT2D eigenvalue weighted by Gasteiger charge is 2.16. The van der Waals surface area contributed by atoms with E-state index in [1.54, 1.807) is 0 Å². The van der Waals surface area contributed by atoms with E-state index in [0.717, 1.165) is 5.69 Å². The molecule has 1 aliphatic heterocycles. The summed E-state index contributed by atoms with van der Waals surface area (Å²) in [5.41, 5.74) is 6.18. The first-order chi connectivity index (χ1) is 6.68. The van der Waals surface area contributed by atoms with E-state index >= 15 is 0 Å². The minimum atomic E-state index is -0.148. The van der Waals surface area contributed by atoms with E-state index in [2.05, 4.69) is 5.32 Å². The Morgan fingerprint density at radius 2 is 1.79 bits per heavy atom. The monoisotopic (exact) mass is 192 g/mol. The van der Waals surface area contributed by atoms with Crippen molar-refractivity contribution >= 4 is 17.4 Å². The third-order valence-corrected chi connectivity index (χ3v) is 1.64. The van der Waals surface area contributed by atoms with Crippen LogP contribution in [0.5, 0.6) is 0 Å². The van der Waals surface area contributed by atoms with Crippen LogP contribution >= 0.6 is 0 Å². The molecule has 74 valence electrons. The molecule has 0 saturated carbocycles. The number of anilines is 1. The van der Waals surface area contributed by atoms with Crippen molar-refractivity contribution in [3.05, 3.63) is 30.3 Å². The van der Waals surface area contributed by atoms with Crippen molar-refractivity contribution < 1.29 is 9.59 Å². The fourth-order valence-electron chi connectivity index (χ4n) is 0.954. The van der Waals surface area contributed by atoms with Crippen LogP contribution in [0.25, 0.3) is 0 Å². The number of nitrogens with one attached hydrogen (secondary N) is 1. The van der Waals surface area contributed by atoms with Gasteiger partial charge in [-0.1, -0.05) is 18.2 Å². The van der Waals surface area contributed by atoms with Crippen LogP contribution in [0, 0.1) is 0 Å². The van der Waals surface area contributed by atoms with Gasteiger partial charge in [-0.3, -0.25) is 9.59 Å². The first-order valence-electron chi connectivity index (χ1n) is 4.27. The average molecular weight is 192 g/mol. The number of amides is 1. The SMILES string of the molecule is Nc1ccccc1.O=C1CNC(=O)C1. The summed E-state index contributed by atoms with van der Waals surface area (Å²) in [6, 6.07) is 9.49. The molecule has 0 atom stereocenters. The molecule has 0 radical (unpaired) electrons. The number of carbonyl (C=O) groups is 2. The predicted octanol–water partition coefficient (Wildman–Crippen LogP) is 0.344. The highest BCUT2D eigenvalue weighted by atomic mass is 16.2. The molecule has 4 nitrogen and oxygen atoms in total. The maximum Gasteiger partial charge on any atom is 0.227 e. The number of nitrogen functional groups attached to an aromatic ring is 1. The molecule has 14 heavy (non-hydrogen) atoms. The van der Waals surface area contributed by atoms with Crippen LogP contribution in [0.3, 0.4) is 0 Å². The summed E-state index contributed by atoms with van der Waals surface area (Å²) in [5, 5.41) is 2.38. The predicted molar refractivity (Wildman–Crippen MR) is 53.5 cm³/mol. The van der Waals surface area contributed by atoms with Gasteiger partial charge in [-0.25, -0.2) is 0 Å². The van der Waals surface area contributed by atoms with Crippen LogP contribution in [0.1, 0.15) is 6.42 Å². The summed E-state index contributed by atoms with van der Waals surface area (Å²) >= 11 is 0. The van der Waals surface area contributed by atoms with Gasteiger partial charge in [0.2, 0.25) is 5.91 Å². The molecule has 1 heterocycles. The van der Waals surface area contributed by atoms with Gasteiger partial charge in [-0.15, -0.1) is 0 Å². The van der Waals surface area contributed by atoms with Crippen molar-refractivity contribution in [1.29, 1.82) is 0 Å². The minimum Gasteiger partial charge on any atom is -0.399 e. The molecule has 3 N–H and O–H groups in total. The Labute approximate surface area is 82.1 Å². The summed E-state index contributed by atoms with van der Waals surface area (Å²) in [6.45, 7) is 0.235. The molecule has 0 aliphatic carbocycles. The summed E-state index contributed by atoms with van der Waals surface area (Å²) in [5.74, 6) is -0.157. The van der Waals surface area contributed by atoms with Crippen molar-refractivity contribution in [2.75, 3.05) is 12.3 Å². The van der Waals surface area contributed by atoms with E-state index < -0.39 is 0 Å². The van der Waals surface area contributed by atoms with Gasteiger partial charge < -0.3 is 11.1 Å². The van der Waals surface area contributed by atoms with Crippen molar-refractivity contribution in [2.24, 2.45) is 0 Å². The van der Waals surface area contributed by atoms with Crippen molar-refractivity contribution in [3.8, 4) is 0 Å². The van der Waals surface area contributed by atoms with E-state index in [1.165, 1.54) is 0 Å². The summed E-state index contributed by atoms with van der Waals surface area (Å²) in [4.78, 5) is 20.3. The van der Waals surface area contributed by atoms with Gasteiger partial charge in [0.25, 0.3) is 0 Å². The van der Waals surface area contributed by atoms with Crippen LogP contribution in [-0.2, 0) is 9.59 Å². The van der Waals surface area contributed by atoms with E-state index in [1.807, 2.05) is 30.3 Å². The molecule has 2 rings (SSSR count). The topological polar surface area (TPSA) is 72.2 Å². The number of para-hydroxylation sites is 1. The standard InChI is InChI=1S/C6H7N.C4H5NO2/c7-6-4-2-1-3-5-6;6-3-1-4(7)5-2-3/h1-5H,7H2;1-2H2,(H,5,7). The maximum absolute atomic E-state index is 10.2. The normalized spacial score (nSPS) is 14.3. The average Bonchev–Trinajstić information content (AvgIpc) is 2.52. The zero-order valence-electron chi connectivity index (χ0n) is 7.69. The van der Waals surface area contributed by atoms with Crippen LogP contribution in [-0.4, -0.2) is 18.2 Å². The third-order valence-electron chi connectivity index (χ3n) is 1.64. The Bertz CT molecular complexity index is 308. The number of ketones is 1. The third kappa shape index (κ3) is 3.71. The second kappa shape index (κ2) is 5.01. The molecule has 4 heteroatoms. The van der Waals surface area contributed by atoms with Gasteiger partial charge in [-0.2, -0.15) is 0 Å². The lowest BCUT2D eigenvalue weighted by Crippen LogP contribution is -2.13. The first-order valence-corrected chi connectivity index (χ1v) is 4.27. The molecular weight excluding hydrogens is 180 g/mol. The minimum absolute atomic E-state index is 0.00926. The molecule has 1 amide bonds. The fraction of sp³-hybridized carbons (Fsp3) is 0.200. The highest BCUT2D eigenvalue weighted by molar-refractivity contribution is 6.05. The Balaban J connectivity index is 0.000000140. The molecule has 0 bridgehead atoms.